The molecule has 1 aliphatic carbocycles. The molecule has 2 N–H and O–H groups in total. The molecule has 1 fully saturated rings. The molecular weight excluding hydrogens is 172 g/mol. The number of hydrogen-bond acceptors (Lipinski definition) is 2. The first-order valence-corrected chi connectivity index (χ1v) is 5.33. The van der Waals surface area contributed by atoms with Gasteiger partial charge in [0.1, 0.15) is 0 Å². The van der Waals surface area contributed by atoms with Gasteiger partial charge < -0.3 is 10.8 Å². The van der Waals surface area contributed by atoms with Crippen LogP contribution in [0.15, 0.2) is 0 Å². The number of rotatable bonds is 0. The van der Waals surface area contributed by atoms with Crippen LogP contribution in [-0.2, 0) is 0 Å². The maximum Gasteiger partial charge on any atom is 0.0580 e. The molecular formula is C12H22N2. The smallest absolute Gasteiger partial charge is 0.0580 e. The van der Waals surface area contributed by atoms with E-state index in [1.807, 2.05) is 0 Å². The van der Waals surface area contributed by atoms with Gasteiger partial charge in [-0.15, -0.1) is 0 Å². The van der Waals surface area contributed by atoms with Crippen LogP contribution in [0, 0.1) is 27.6 Å². The standard InChI is InChI=1S/C12H22N2/c1-8-6-11(2,3)7-12(4,5)10(14)9(8)13/h8,13-14H,6-7H2,1-5H3. The van der Waals surface area contributed by atoms with Crippen molar-refractivity contribution in [3.05, 3.63) is 0 Å². The average molecular weight is 194 g/mol. The van der Waals surface area contributed by atoms with Gasteiger partial charge in [0.05, 0.1) is 11.4 Å². The van der Waals surface area contributed by atoms with Crippen LogP contribution in [0.2, 0.25) is 0 Å². The Labute approximate surface area is 87.1 Å². The molecule has 0 aromatic rings. The molecule has 0 saturated heterocycles. The molecule has 2 nitrogen and oxygen atoms in total. The van der Waals surface area contributed by atoms with Crippen LogP contribution in [0.5, 0.6) is 0 Å². The molecule has 80 valence electrons. The van der Waals surface area contributed by atoms with Crippen molar-refractivity contribution in [3.8, 4) is 0 Å². The van der Waals surface area contributed by atoms with Crippen molar-refractivity contribution in [2.24, 2.45) is 16.7 Å². The summed E-state index contributed by atoms with van der Waals surface area (Å²) in [5.41, 5.74) is 1.19. The molecule has 1 aliphatic rings. The van der Waals surface area contributed by atoms with Crippen molar-refractivity contribution in [2.75, 3.05) is 0 Å². The molecule has 1 unspecified atom stereocenters. The number of hydrogen-bond donors (Lipinski definition) is 2. The normalized spacial score (nSPS) is 31.4. The molecule has 0 aromatic heterocycles. The first-order chi connectivity index (χ1) is 6.16. The van der Waals surface area contributed by atoms with Gasteiger partial charge in [-0.05, 0) is 24.2 Å². The Morgan fingerprint density at radius 2 is 1.64 bits per heavy atom. The zero-order chi connectivity index (χ0) is 11.1. The minimum absolute atomic E-state index is 0.134. The van der Waals surface area contributed by atoms with Gasteiger partial charge in [-0.3, -0.25) is 0 Å². The van der Waals surface area contributed by atoms with Crippen molar-refractivity contribution in [3.63, 3.8) is 0 Å². The lowest BCUT2D eigenvalue weighted by atomic mass is 9.73. The molecule has 1 rings (SSSR count). The highest BCUT2D eigenvalue weighted by Crippen LogP contribution is 2.42. The minimum Gasteiger partial charge on any atom is -0.303 e. The maximum absolute atomic E-state index is 8.02. The SMILES string of the molecule is CC1CC(C)(C)CC(C)(C)C(=N)C1=N. The van der Waals surface area contributed by atoms with Gasteiger partial charge in [0, 0.05) is 5.41 Å². The minimum atomic E-state index is -0.134. The van der Waals surface area contributed by atoms with Crippen LogP contribution in [-0.4, -0.2) is 11.4 Å². The highest BCUT2D eigenvalue weighted by Gasteiger charge is 2.39. The van der Waals surface area contributed by atoms with Gasteiger partial charge >= 0.3 is 0 Å². The molecule has 0 bridgehead atoms. The largest absolute Gasteiger partial charge is 0.303 e. The van der Waals surface area contributed by atoms with E-state index in [1.165, 1.54) is 0 Å². The van der Waals surface area contributed by atoms with E-state index in [0.717, 1.165) is 12.8 Å². The Morgan fingerprint density at radius 1 is 1.14 bits per heavy atom. The molecule has 0 spiro atoms. The van der Waals surface area contributed by atoms with E-state index in [0.29, 0.717) is 11.4 Å². The monoisotopic (exact) mass is 194 g/mol. The Bertz CT molecular complexity index is 274. The first kappa shape index (κ1) is 11.4. The Kier molecular flexibility index (Phi) is 2.59. The lowest BCUT2D eigenvalue weighted by Gasteiger charge is -2.31. The van der Waals surface area contributed by atoms with Crippen molar-refractivity contribution in [2.45, 2.75) is 47.5 Å². The molecule has 0 radical (unpaired) electrons. The quantitative estimate of drug-likeness (QED) is 0.554. The third-order valence-electron chi connectivity index (χ3n) is 3.22. The predicted molar refractivity (Wildman–Crippen MR) is 61.4 cm³/mol. The van der Waals surface area contributed by atoms with E-state index in [1.54, 1.807) is 0 Å². The molecule has 2 heteroatoms. The molecule has 0 aromatic carbocycles. The summed E-state index contributed by atoms with van der Waals surface area (Å²) in [6.07, 6.45) is 2.03. The van der Waals surface area contributed by atoms with Gasteiger partial charge in [0.2, 0.25) is 0 Å². The summed E-state index contributed by atoms with van der Waals surface area (Å²) in [5.74, 6) is 0.235. The Hall–Kier alpha value is -0.660. The Morgan fingerprint density at radius 3 is 2.14 bits per heavy atom. The third kappa shape index (κ3) is 2.05. The van der Waals surface area contributed by atoms with E-state index in [-0.39, 0.29) is 16.7 Å². The zero-order valence-corrected chi connectivity index (χ0v) is 9.99. The number of nitrogens with one attached hydrogen (secondary N) is 2. The van der Waals surface area contributed by atoms with E-state index >= 15 is 0 Å². The first-order valence-electron chi connectivity index (χ1n) is 5.33. The van der Waals surface area contributed by atoms with Crippen molar-refractivity contribution < 1.29 is 0 Å². The van der Waals surface area contributed by atoms with Crippen LogP contribution in [0.1, 0.15) is 47.5 Å². The summed E-state index contributed by atoms with van der Waals surface area (Å²) >= 11 is 0. The van der Waals surface area contributed by atoms with Crippen LogP contribution < -0.4 is 0 Å². The van der Waals surface area contributed by atoms with E-state index < -0.39 is 0 Å². The van der Waals surface area contributed by atoms with Crippen molar-refractivity contribution >= 4 is 11.4 Å². The van der Waals surface area contributed by atoms with Crippen LogP contribution in [0.25, 0.3) is 0 Å². The molecule has 14 heavy (non-hydrogen) atoms. The topological polar surface area (TPSA) is 47.7 Å². The van der Waals surface area contributed by atoms with Gasteiger partial charge in [-0.2, -0.15) is 0 Å². The third-order valence-corrected chi connectivity index (χ3v) is 3.22. The van der Waals surface area contributed by atoms with E-state index in [9.17, 15) is 0 Å². The highest BCUT2D eigenvalue weighted by molar-refractivity contribution is 6.42. The van der Waals surface area contributed by atoms with Gasteiger partial charge in [0.25, 0.3) is 0 Å². The van der Waals surface area contributed by atoms with Crippen molar-refractivity contribution in [1.29, 1.82) is 10.8 Å². The molecule has 0 amide bonds. The second kappa shape index (κ2) is 3.18. The summed E-state index contributed by atoms with van der Waals surface area (Å²) in [6.45, 7) is 10.7. The summed E-state index contributed by atoms with van der Waals surface area (Å²) < 4.78 is 0. The van der Waals surface area contributed by atoms with Crippen LogP contribution in [0.3, 0.4) is 0 Å². The second-order valence-electron chi connectivity index (χ2n) is 6.12. The predicted octanol–water partition coefficient (Wildman–Crippen LogP) is 3.51. The molecule has 1 saturated carbocycles. The van der Waals surface area contributed by atoms with Crippen LogP contribution >= 0.6 is 0 Å². The fourth-order valence-corrected chi connectivity index (χ4v) is 2.90. The summed E-state index contributed by atoms with van der Waals surface area (Å²) in [4.78, 5) is 0. The summed E-state index contributed by atoms with van der Waals surface area (Å²) in [7, 11) is 0. The summed E-state index contributed by atoms with van der Waals surface area (Å²) in [6, 6.07) is 0. The van der Waals surface area contributed by atoms with E-state index in [2.05, 4.69) is 34.6 Å². The fourth-order valence-electron chi connectivity index (χ4n) is 2.90. The zero-order valence-electron chi connectivity index (χ0n) is 9.99. The lowest BCUT2D eigenvalue weighted by molar-refractivity contribution is 0.229. The Balaban J connectivity index is 3.07. The van der Waals surface area contributed by atoms with Gasteiger partial charge in [0.15, 0.2) is 0 Å². The van der Waals surface area contributed by atoms with Crippen molar-refractivity contribution in [1.82, 2.24) is 0 Å². The van der Waals surface area contributed by atoms with Gasteiger partial charge in [-0.1, -0.05) is 34.6 Å². The van der Waals surface area contributed by atoms with Crippen LogP contribution in [0.4, 0.5) is 0 Å². The maximum atomic E-state index is 8.02. The summed E-state index contributed by atoms with van der Waals surface area (Å²) in [5, 5.41) is 16.0. The molecule has 1 atom stereocenters. The second-order valence-corrected chi connectivity index (χ2v) is 6.12. The highest BCUT2D eigenvalue weighted by atomic mass is 14.6. The fraction of sp³-hybridized carbons (Fsp3) is 0.833. The average Bonchev–Trinajstić information content (AvgIpc) is 2.01. The molecule has 0 aliphatic heterocycles. The van der Waals surface area contributed by atoms with E-state index in [4.69, 9.17) is 10.8 Å². The lowest BCUT2D eigenvalue weighted by Crippen LogP contribution is -2.31. The van der Waals surface area contributed by atoms with Gasteiger partial charge in [-0.25, -0.2) is 0 Å². The molecule has 0 heterocycles.